The van der Waals surface area contributed by atoms with E-state index in [1.807, 2.05) is 6.92 Å². The van der Waals surface area contributed by atoms with E-state index < -0.39 is 0 Å². The van der Waals surface area contributed by atoms with Crippen LogP contribution in [0.15, 0.2) is 18.2 Å². The molecule has 0 aliphatic carbocycles. The number of carbonyl (C=O) groups excluding carboxylic acids is 1. The van der Waals surface area contributed by atoms with Gasteiger partial charge >= 0.3 is 0 Å². The maximum absolute atomic E-state index is 13.7. The zero-order chi connectivity index (χ0) is 13.4. The van der Waals surface area contributed by atoms with Crippen molar-refractivity contribution in [1.29, 1.82) is 0 Å². The van der Waals surface area contributed by atoms with E-state index in [4.69, 9.17) is 4.74 Å². The Morgan fingerprint density at radius 2 is 2.22 bits per heavy atom. The van der Waals surface area contributed by atoms with Gasteiger partial charge in [0.15, 0.2) is 11.6 Å². The van der Waals surface area contributed by atoms with Crippen LogP contribution in [0.1, 0.15) is 18.9 Å². The Balaban J connectivity index is 2.42. The lowest BCUT2D eigenvalue weighted by Crippen LogP contribution is -2.34. The van der Waals surface area contributed by atoms with E-state index in [2.05, 4.69) is 10.6 Å². The first-order chi connectivity index (χ1) is 8.69. The molecule has 1 aromatic carbocycles. The topological polar surface area (TPSA) is 50.4 Å². The Hall–Kier alpha value is -1.62. The van der Waals surface area contributed by atoms with Gasteiger partial charge in [-0.3, -0.25) is 4.79 Å². The van der Waals surface area contributed by atoms with Crippen molar-refractivity contribution in [3.8, 4) is 5.75 Å². The van der Waals surface area contributed by atoms with E-state index in [0.717, 1.165) is 6.42 Å². The van der Waals surface area contributed by atoms with E-state index >= 15 is 0 Å². The molecule has 4 nitrogen and oxygen atoms in total. The Morgan fingerprint density at radius 3 is 2.89 bits per heavy atom. The molecule has 5 heteroatoms. The van der Waals surface area contributed by atoms with Crippen LogP contribution in [0.25, 0.3) is 0 Å². The van der Waals surface area contributed by atoms with Gasteiger partial charge in [0.1, 0.15) is 0 Å². The van der Waals surface area contributed by atoms with Crippen molar-refractivity contribution in [2.24, 2.45) is 0 Å². The molecule has 0 aliphatic heterocycles. The second-order valence-corrected chi connectivity index (χ2v) is 3.89. The highest BCUT2D eigenvalue weighted by Crippen LogP contribution is 2.19. The van der Waals surface area contributed by atoms with E-state index in [9.17, 15) is 9.18 Å². The molecular formula is C13H19FN2O2. The van der Waals surface area contributed by atoms with Crippen molar-refractivity contribution in [3.63, 3.8) is 0 Å². The van der Waals surface area contributed by atoms with Gasteiger partial charge in [-0.2, -0.15) is 0 Å². The predicted octanol–water partition coefficient (Wildman–Crippen LogP) is 1.45. The molecule has 0 saturated carbocycles. The van der Waals surface area contributed by atoms with Crippen LogP contribution in [0, 0.1) is 5.82 Å². The Bertz CT molecular complexity index is 397. The van der Waals surface area contributed by atoms with Crippen molar-refractivity contribution in [2.45, 2.75) is 19.9 Å². The number of halogens is 1. The molecule has 0 fully saturated rings. The number of amides is 1. The Labute approximate surface area is 107 Å². The molecule has 0 unspecified atom stereocenters. The third kappa shape index (κ3) is 4.33. The van der Waals surface area contributed by atoms with Crippen molar-refractivity contribution >= 4 is 5.91 Å². The molecule has 0 saturated heterocycles. The van der Waals surface area contributed by atoms with Gasteiger partial charge in [0.25, 0.3) is 0 Å². The SMILES string of the molecule is CCCNC(=O)CNCc1cccc(OC)c1F. The number of methoxy groups -OCH3 is 1. The van der Waals surface area contributed by atoms with Gasteiger partial charge in [-0.15, -0.1) is 0 Å². The molecule has 0 heterocycles. The number of hydrogen-bond acceptors (Lipinski definition) is 3. The predicted molar refractivity (Wildman–Crippen MR) is 68.0 cm³/mol. The molecule has 1 amide bonds. The number of benzene rings is 1. The fourth-order valence-electron chi connectivity index (χ4n) is 1.49. The zero-order valence-corrected chi connectivity index (χ0v) is 10.8. The van der Waals surface area contributed by atoms with Crippen LogP contribution >= 0.6 is 0 Å². The van der Waals surface area contributed by atoms with Crippen LogP contribution < -0.4 is 15.4 Å². The molecule has 0 radical (unpaired) electrons. The second kappa shape index (κ2) is 7.66. The molecule has 2 N–H and O–H groups in total. The fraction of sp³-hybridized carbons (Fsp3) is 0.462. The van der Waals surface area contributed by atoms with Gasteiger partial charge in [-0.25, -0.2) is 4.39 Å². The summed E-state index contributed by atoms with van der Waals surface area (Å²) in [6, 6.07) is 4.94. The fourth-order valence-corrected chi connectivity index (χ4v) is 1.49. The van der Waals surface area contributed by atoms with Gasteiger partial charge in [-0.05, 0) is 12.5 Å². The first kappa shape index (κ1) is 14.4. The summed E-state index contributed by atoms with van der Waals surface area (Å²) in [5.41, 5.74) is 0.484. The summed E-state index contributed by atoms with van der Waals surface area (Å²) in [7, 11) is 1.42. The monoisotopic (exact) mass is 254 g/mol. The standard InChI is InChI=1S/C13H19FN2O2/c1-3-7-16-12(17)9-15-8-10-5-4-6-11(18-2)13(10)14/h4-6,15H,3,7-9H2,1-2H3,(H,16,17). The Kier molecular flexibility index (Phi) is 6.14. The van der Waals surface area contributed by atoms with Crippen molar-refractivity contribution in [3.05, 3.63) is 29.6 Å². The first-order valence-electron chi connectivity index (χ1n) is 5.97. The van der Waals surface area contributed by atoms with Crippen LogP contribution in [0.2, 0.25) is 0 Å². The highest BCUT2D eigenvalue weighted by Gasteiger charge is 2.08. The maximum atomic E-state index is 13.7. The van der Waals surface area contributed by atoms with E-state index in [0.29, 0.717) is 18.7 Å². The summed E-state index contributed by atoms with van der Waals surface area (Å²) in [5, 5.41) is 5.63. The van der Waals surface area contributed by atoms with Crippen molar-refractivity contribution in [2.75, 3.05) is 20.2 Å². The smallest absolute Gasteiger partial charge is 0.233 e. The lowest BCUT2D eigenvalue weighted by molar-refractivity contribution is -0.120. The zero-order valence-electron chi connectivity index (χ0n) is 10.8. The van der Waals surface area contributed by atoms with E-state index in [1.165, 1.54) is 7.11 Å². The third-order valence-corrected chi connectivity index (χ3v) is 2.44. The number of rotatable bonds is 7. The van der Waals surface area contributed by atoms with Crippen LogP contribution in [-0.4, -0.2) is 26.1 Å². The number of nitrogens with one attached hydrogen (secondary N) is 2. The number of ether oxygens (including phenoxy) is 1. The number of hydrogen-bond donors (Lipinski definition) is 2. The van der Waals surface area contributed by atoms with Gasteiger partial charge in [0.05, 0.1) is 13.7 Å². The van der Waals surface area contributed by atoms with Gasteiger partial charge in [0.2, 0.25) is 5.91 Å². The number of carbonyl (C=O) groups is 1. The average Bonchev–Trinajstić information content (AvgIpc) is 2.38. The summed E-state index contributed by atoms with van der Waals surface area (Å²) in [6.07, 6.45) is 0.899. The summed E-state index contributed by atoms with van der Waals surface area (Å²) < 4.78 is 18.6. The summed E-state index contributed by atoms with van der Waals surface area (Å²) in [4.78, 5) is 11.3. The van der Waals surface area contributed by atoms with Crippen LogP contribution in [-0.2, 0) is 11.3 Å². The molecule has 0 aromatic heterocycles. The van der Waals surface area contributed by atoms with Gasteiger partial charge in [0, 0.05) is 18.7 Å². The van der Waals surface area contributed by atoms with Crippen LogP contribution in [0.5, 0.6) is 5.75 Å². The lowest BCUT2D eigenvalue weighted by atomic mass is 10.2. The normalized spacial score (nSPS) is 10.2. The first-order valence-corrected chi connectivity index (χ1v) is 5.97. The molecule has 0 bridgehead atoms. The van der Waals surface area contributed by atoms with Gasteiger partial charge < -0.3 is 15.4 Å². The van der Waals surface area contributed by atoms with Crippen LogP contribution in [0.3, 0.4) is 0 Å². The molecule has 0 spiro atoms. The quantitative estimate of drug-likeness (QED) is 0.774. The molecule has 18 heavy (non-hydrogen) atoms. The molecule has 100 valence electrons. The minimum absolute atomic E-state index is 0.0832. The Morgan fingerprint density at radius 1 is 1.44 bits per heavy atom. The average molecular weight is 254 g/mol. The molecule has 1 aromatic rings. The molecule has 0 aliphatic rings. The highest BCUT2D eigenvalue weighted by molar-refractivity contribution is 5.77. The lowest BCUT2D eigenvalue weighted by Gasteiger charge is -2.08. The minimum Gasteiger partial charge on any atom is -0.494 e. The summed E-state index contributed by atoms with van der Waals surface area (Å²) in [6.45, 7) is 3.12. The van der Waals surface area contributed by atoms with Crippen LogP contribution in [0.4, 0.5) is 4.39 Å². The van der Waals surface area contributed by atoms with E-state index in [-0.39, 0.29) is 24.0 Å². The maximum Gasteiger partial charge on any atom is 0.233 e. The van der Waals surface area contributed by atoms with Crippen molar-refractivity contribution in [1.82, 2.24) is 10.6 Å². The highest BCUT2D eigenvalue weighted by atomic mass is 19.1. The largest absolute Gasteiger partial charge is 0.494 e. The van der Waals surface area contributed by atoms with Gasteiger partial charge in [-0.1, -0.05) is 19.1 Å². The second-order valence-electron chi connectivity index (χ2n) is 3.89. The summed E-state index contributed by atoms with van der Waals surface area (Å²) >= 11 is 0. The third-order valence-electron chi connectivity index (χ3n) is 2.44. The summed E-state index contributed by atoms with van der Waals surface area (Å²) in [5.74, 6) is -0.258. The van der Waals surface area contributed by atoms with E-state index in [1.54, 1.807) is 18.2 Å². The van der Waals surface area contributed by atoms with Crippen molar-refractivity contribution < 1.29 is 13.9 Å². The molecular weight excluding hydrogens is 235 g/mol. The minimum atomic E-state index is -0.388. The molecule has 0 atom stereocenters. The molecule has 1 rings (SSSR count).